The largest absolute Gasteiger partial charge is 0.481 e. The quantitative estimate of drug-likeness (QED) is 0.867. The first-order valence-electron chi connectivity index (χ1n) is 10.00. The van der Waals surface area contributed by atoms with Gasteiger partial charge in [-0.05, 0) is 43.0 Å². The predicted molar refractivity (Wildman–Crippen MR) is 109 cm³/mol. The summed E-state index contributed by atoms with van der Waals surface area (Å²) in [5.74, 6) is -0.877. The molecule has 29 heavy (non-hydrogen) atoms. The van der Waals surface area contributed by atoms with E-state index in [2.05, 4.69) is 0 Å². The van der Waals surface area contributed by atoms with Gasteiger partial charge < -0.3 is 14.9 Å². The number of piperidine rings is 1. The van der Waals surface area contributed by atoms with E-state index in [1.807, 2.05) is 36.4 Å². The normalized spacial score (nSPS) is 18.7. The number of carbonyl (C=O) groups excluding carboxylic acids is 2. The van der Waals surface area contributed by atoms with Crippen LogP contribution in [0.5, 0.6) is 0 Å². The number of aliphatic carboxylic acids is 1. The minimum absolute atomic E-state index is 0.0849. The zero-order valence-corrected chi connectivity index (χ0v) is 16.2. The van der Waals surface area contributed by atoms with Crippen LogP contribution in [0.3, 0.4) is 0 Å². The number of carbonyl (C=O) groups is 3. The summed E-state index contributed by atoms with van der Waals surface area (Å²) in [5, 5.41) is 9.93. The van der Waals surface area contributed by atoms with Crippen molar-refractivity contribution in [3.05, 3.63) is 65.7 Å². The summed E-state index contributed by atoms with van der Waals surface area (Å²) in [6.45, 7) is 1.44. The fourth-order valence-corrected chi connectivity index (χ4v) is 4.39. The average Bonchev–Trinajstić information content (AvgIpc) is 3.20. The third kappa shape index (κ3) is 3.50. The molecule has 0 radical (unpaired) electrons. The fourth-order valence-electron chi connectivity index (χ4n) is 4.39. The zero-order chi connectivity index (χ0) is 20.4. The highest BCUT2D eigenvalue weighted by molar-refractivity contribution is 5.99. The first-order valence-corrected chi connectivity index (χ1v) is 10.00. The molecular weight excluding hydrogens is 368 g/mol. The van der Waals surface area contributed by atoms with Crippen molar-refractivity contribution in [3.63, 3.8) is 0 Å². The van der Waals surface area contributed by atoms with Crippen molar-refractivity contribution in [2.45, 2.75) is 31.1 Å². The summed E-state index contributed by atoms with van der Waals surface area (Å²) < 4.78 is 0. The molecule has 2 aromatic carbocycles. The average molecular weight is 392 g/mol. The third-order valence-corrected chi connectivity index (χ3v) is 6.12. The molecule has 0 saturated carbocycles. The standard InChI is InChI=1S/C23H24N2O4/c26-20-10-5-13-25(20)19-9-4-6-17(16-19)21(27)24-14-11-23(12-15-24,22(28)29)18-7-2-1-3-8-18/h1-4,6-9,16H,5,10-15H2,(H,28,29). The first-order chi connectivity index (χ1) is 14.0. The summed E-state index contributed by atoms with van der Waals surface area (Å²) in [7, 11) is 0. The van der Waals surface area contributed by atoms with Crippen molar-refractivity contribution >= 4 is 23.5 Å². The molecule has 0 bridgehead atoms. The van der Waals surface area contributed by atoms with Crippen LogP contribution in [0.25, 0.3) is 0 Å². The van der Waals surface area contributed by atoms with Gasteiger partial charge in [0.1, 0.15) is 0 Å². The lowest BCUT2D eigenvalue weighted by atomic mass is 9.73. The summed E-state index contributed by atoms with van der Waals surface area (Å²) in [5.41, 5.74) is 1.11. The number of hydrogen-bond donors (Lipinski definition) is 1. The molecule has 0 unspecified atom stereocenters. The molecule has 0 aromatic heterocycles. The minimum Gasteiger partial charge on any atom is -0.481 e. The number of hydrogen-bond acceptors (Lipinski definition) is 3. The van der Waals surface area contributed by atoms with E-state index in [1.165, 1.54) is 0 Å². The summed E-state index contributed by atoms with van der Waals surface area (Å²) >= 11 is 0. The van der Waals surface area contributed by atoms with E-state index in [-0.39, 0.29) is 11.8 Å². The van der Waals surface area contributed by atoms with E-state index in [1.54, 1.807) is 28.0 Å². The Morgan fingerprint density at radius 1 is 0.931 bits per heavy atom. The van der Waals surface area contributed by atoms with Crippen LogP contribution in [0.1, 0.15) is 41.6 Å². The third-order valence-electron chi connectivity index (χ3n) is 6.12. The predicted octanol–water partition coefficient (Wildman–Crippen LogP) is 3.07. The Morgan fingerprint density at radius 2 is 1.66 bits per heavy atom. The second kappa shape index (κ2) is 7.70. The van der Waals surface area contributed by atoms with Crippen LogP contribution in [0.2, 0.25) is 0 Å². The molecule has 2 aliphatic rings. The highest BCUT2D eigenvalue weighted by Gasteiger charge is 2.44. The molecule has 2 fully saturated rings. The van der Waals surface area contributed by atoms with Crippen LogP contribution in [0.15, 0.2) is 54.6 Å². The Labute approximate surface area is 169 Å². The summed E-state index contributed by atoms with van der Waals surface area (Å²) in [6, 6.07) is 16.4. The lowest BCUT2D eigenvalue weighted by molar-refractivity contribution is -0.145. The van der Waals surface area contributed by atoms with Crippen molar-refractivity contribution in [1.29, 1.82) is 0 Å². The molecule has 2 saturated heterocycles. The number of anilines is 1. The monoisotopic (exact) mass is 392 g/mol. The molecule has 6 nitrogen and oxygen atoms in total. The number of amides is 2. The van der Waals surface area contributed by atoms with E-state index in [0.29, 0.717) is 44.5 Å². The van der Waals surface area contributed by atoms with Crippen LogP contribution in [-0.4, -0.2) is 47.4 Å². The molecular formula is C23H24N2O4. The van der Waals surface area contributed by atoms with Gasteiger partial charge in [-0.1, -0.05) is 36.4 Å². The lowest BCUT2D eigenvalue weighted by Gasteiger charge is -2.39. The second-order valence-electron chi connectivity index (χ2n) is 7.74. The van der Waals surface area contributed by atoms with Crippen LogP contribution >= 0.6 is 0 Å². The maximum Gasteiger partial charge on any atom is 0.314 e. The molecule has 1 N–H and O–H groups in total. The number of likely N-dealkylation sites (tertiary alicyclic amines) is 1. The number of benzene rings is 2. The number of rotatable bonds is 4. The van der Waals surface area contributed by atoms with Crippen LogP contribution in [0, 0.1) is 0 Å². The highest BCUT2D eigenvalue weighted by atomic mass is 16.4. The van der Waals surface area contributed by atoms with Gasteiger partial charge in [-0.15, -0.1) is 0 Å². The van der Waals surface area contributed by atoms with Crippen molar-refractivity contribution < 1.29 is 19.5 Å². The highest BCUT2D eigenvalue weighted by Crippen LogP contribution is 2.36. The van der Waals surface area contributed by atoms with Gasteiger partial charge in [0, 0.05) is 37.3 Å². The first kappa shape index (κ1) is 19.2. The van der Waals surface area contributed by atoms with Gasteiger partial charge in [-0.3, -0.25) is 14.4 Å². The van der Waals surface area contributed by atoms with Crippen molar-refractivity contribution in [1.82, 2.24) is 4.90 Å². The van der Waals surface area contributed by atoms with E-state index in [9.17, 15) is 19.5 Å². The molecule has 6 heteroatoms. The molecule has 0 atom stereocenters. The molecule has 2 heterocycles. The molecule has 0 spiro atoms. The van der Waals surface area contributed by atoms with Crippen LogP contribution in [0.4, 0.5) is 5.69 Å². The number of nitrogens with zero attached hydrogens (tertiary/aromatic N) is 2. The van der Waals surface area contributed by atoms with Gasteiger partial charge in [0.05, 0.1) is 5.41 Å². The summed E-state index contributed by atoms with van der Waals surface area (Å²) in [4.78, 5) is 40.6. The second-order valence-corrected chi connectivity index (χ2v) is 7.74. The smallest absolute Gasteiger partial charge is 0.314 e. The molecule has 4 rings (SSSR count). The maximum absolute atomic E-state index is 13.0. The van der Waals surface area contributed by atoms with E-state index < -0.39 is 11.4 Å². The fraction of sp³-hybridized carbons (Fsp3) is 0.348. The van der Waals surface area contributed by atoms with Gasteiger partial charge in [-0.2, -0.15) is 0 Å². The molecule has 2 amide bonds. The topological polar surface area (TPSA) is 77.9 Å². The Balaban J connectivity index is 1.51. The maximum atomic E-state index is 13.0. The van der Waals surface area contributed by atoms with Gasteiger partial charge in [-0.25, -0.2) is 0 Å². The lowest BCUT2D eigenvalue weighted by Crippen LogP contribution is -2.49. The van der Waals surface area contributed by atoms with Crippen LogP contribution in [-0.2, 0) is 15.0 Å². The van der Waals surface area contributed by atoms with E-state index >= 15 is 0 Å². The minimum atomic E-state index is -0.956. The van der Waals surface area contributed by atoms with Crippen molar-refractivity contribution in [2.24, 2.45) is 0 Å². The Kier molecular flexibility index (Phi) is 5.09. The number of carboxylic acids is 1. The summed E-state index contributed by atoms with van der Waals surface area (Å²) in [6.07, 6.45) is 2.13. The SMILES string of the molecule is O=C(c1cccc(N2CCCC2=O)c1)N1CCC(C(=O)O)(c2ccccc2)CC1. The Bertz CT molecular complexity index is 933. The number of carboxylic acid groups (broad SMARTS) is 1. The van der Waals surface area contributed by atoms with Gasteiger partial charge in [0.25, 0.3) is 5.91 Å². The van der Waals surface area contributed by atoms with E-state index in [4.69, 9.17) is 0 Å². The Hall–Kier alpha value is -3.15. The molecule has 150 valence electrons. The van der Waals surface area contributed by atoms with Crippen LogP contribution < -0.4 is 4.90 Å². The van der Waals surface area contributed by atoms with E-state index in [0.717, 1.165) is 17.7 Å². The molecule has 2 aromatic rings. The van der Waals surface area contributed by atoms with Crippen molar-refractivity contribution in [3.8, 4) is 0 Å². The van der Waals surface area contributed by atoms with Gasteiger partial charge in [0.15, 0.2) is 0 Å². The van der Waals surface area contributed by atoms with Gasteiger partial charge in [0.2, 0.25) is 5.91 Å². The molecule has 0 aliphatic carbocycles. The molecule has 2 aliphatic heterocycles. The zero-order valence-electron chi connectivity index (χ0n) is 16.2. The van der Waals surface area contributed by atoms with Gasteiger partial charge >= 0.3 is 5.97 Å². The Morgan fingerprint density at radius 3 is 2.28 bits per heavy atom. The van der Waals surface area contributed by atoms with Crippen molar-refractivity contribution in [2.75, 3.05) is 24.5 Å².